The highest BCUT2D eigenvalue weighted by Gasteiger charge is 2.43. The average molecular weight is 342 g/mol. The molecule has 1 N–H and O–H groups in total. The minimum atomic E-state index is -0.166. The first-order valence-electron chi connectivity index (χ1n) is 8.51. The van der Waals surface area contributed by atoms with Crippen molar-refractivity contribution in [3.63, 3.8) is 0 Å². The highest BCUT2D eigenvalue weighted by atomic mass is 16.7. The topological polar surface area (TPSA) is 57.2 Å². The number of rotatable bonds is 3. The second-order valence-electron chi connectivity index (χ2n) is 6.68. The molecule has 132 valence electrons. The molecular weight excluding hydrogens is 320 g/mol. The summed E-state index contributed by atoms with van der Waals surface area (Å²) in [4.78, 5) is 0. The molecule has 2 aromatic rings. The highest BCUT2D eigenvalue weighted by molar-refractivity contribution is 5.50. The molecule has 25 heavy (non-hydrogen) atoms. The largest absolute Gasteiger partial charge is 0.504 e. The van der Waals surface area contributed by atoms with E-state index < -0.39 is 0 Å². The van der Waals surface area contributed by atoms with E-state index in [0.717, 1.165) is 22.6 Å². The molecule has 0 aliphatic carbocycles. The van der Waals surface area contributed by atoms with Crippen LogP contribution in [0.15, 0.2) is 36.4 Å². The van der Waals surface area contributed by atoms with E-state index in [1.807, 2.05) is 30.3 Å². The lowest BCUT2D eigenvalue weighted by Gasteiger charge is -2.20. The summed E-state index contributed by atoms with van der Waals surface area (Å²) in [5.41, 5.74) is 1.88. The third kappa shape index (κ3) is 2.50. The van der Waals surface area contributed by atoms with Crippen molar-refractivity contribution in [3.05, 3.63) is 47.5 Å². The zero-order valence-electron chi connectivity index (χ0n) is 14.6. The smallest absolute Gasteiger partial charge is 0.231 e. The molecule has 0 aromatic heterocycles. The number of para-hydroxylation sites is 2. The molecule has 5 nitrogen and oxygen atoms in total. The maximum absolute atomic E-state index is 10.1. The highest BCUT2D eigenvalue weighted by Crippen LogP contribution is 2.54. The average Bonchev–Trinajstić information content (AvgIpc) is 3.20. The zero-order chi connectivity index (χ0) is 17.6. The fraction of sp³-hybridized carbons (Fsp3) is 0.400. The van der Waals surface area contributed by atoms with E-state index in [9.17, 15) is 5.11 Å². The van der Waals surface area contributed by atoms with Crippen LogP contribution in [-0.4, -0.2) is 19.0 Å². The lowest BCUT2D eigenvalue weighted by Crippen LogP contribution is -2.10. The molecule has 2 aliphatic rings. The van der Waals surface area contributed by atoms with Crippen molar-refractivity contribution in [2.24, 2.45) is 11.8 Å². The van der Waals surface area contributed by atoms with Gasteiger partial charge >= 0.3 is 0 Å². The third-order valence-electron chi connectivity index (χ3n) is 5.35. The lowest BCUT2D eigenvalue weighted by molar-refractivity contribution is 0.0261. The molecular formula is C20H22O5. The Morgan fingerprint density at radius 3 is 2.40 bits per heavy atom. The molecule has 2 aliphatic heterocycles. The Bertz CT molecular complexity index is 764. The van der Waals surface area contributed by atoms with Gasteiger partial charge in [-0.25, -0.2) is 0 Å². The van der Waals surface area contributed by atoms with E-state index in [2.05, 4.69) is 13.8 Å². The maximum Gasteiger partial charge on any atom is 0.231 e. The summed E-state index contributed by atoms with van der Waals surface area (Å²) in [5, 5.41) is 10.1. The number of hydrogen-bond acceptors (Lipinski definition) is 5. The Kier molecular flexibility index (Phi) is 3.96. The fourth-order valence-electron chi connectivity index (χ4n) is 3.84. The van der Waals surface area contributed by atoms with E-state index in [1.54, 1.807) is 13.2 Å². The standard InChI is InChI=1S/C20H22O5/c1-11-12(2)18(14-7-5-9-16-20(14)24-10-23-16)25-17(11)13-6-4-8-15(21)19(13)22-3/h4-9,11-12,17-18,21H,10H2,1-3H3/t11-,12-,17+,18-/m0/s1. The van der Waals surface area contributed by atoms with E-state index in [0.29, 0.717) is 5.75 Å². The van der Waals surface area contributed by atoms with Crippen LogP contribution < -0.4 is 14.2 Å². The van der Waals surface area contributed by atoms with Crippen LogP contribution in [0.4, 0.5) is 0 Å². The maximum atomic E-state index is 10.1. The Morgan fingerprint density at radius 1 is 0.960 bits per heavy atom. The van der Waals surface area contributed by atoms with Gasteiger partial charge < -0.3 is 24.1 Å². The summed E-state index contributed by atoms with van der Waals surface area (Å²) < 4.78 is 23.0. The second kappa shape index (κ2) is 6.15. The van der Waals surface area contributed by atoms with Gasteiger partial charge in [-0.2, -0.15) is 0 Å². The molecule has 0 spiro atoms. The molecule has 5 heteroatoms. The summed E-state index contributed by atoms with van der Waals surface area (Å²) >= 11 is 0. The van der Waals surface area contributed by atoms with Crippen LogP contribution >= 0.6 is 0 Å². The molecule has 2 heterocycles. The van der Waals surface area contributed by atoms with Crippen LogP contribution in [-0.2, 0) is 4.74 Å². The Labute approximate surface area is 147 Å². The number of phenolic OH excluding ortho intramolecular Hbond substituents is 1. The van der Waals surface area contributed by atoms with Gasteiger partial charge in [0.05, 0.1) is 19.3 Å². The van der Waals surface area contributed by atoms with E-state index in [-0.39, 0.29) is 36.6 Å². The predicted octanol–water partition coefficient (Wildman–Crippen LogP) is 4.21. The quantitative estimate of drug-likeness (QED) is 0.905. The Balaban J connectivity index is 1.71. The molecule has 4 atom stereocenters. The summed E-state index contributed by atoms with van der Waals surface area (Å²) in [6, 6.07) is 11.3. The molecule has 0 unspecified atom stereocenters. The van der Waals surface area contributed by atoms with Crippen molar-refractivity contribution in [2.45, 2.75) is 26.1 Å². The monoisotopic (exact) mass is 342 g/mol. The SMILES string of the molecule is COc1c(O)cccc1[C@@H]1O[C@H](c2cccc3c2OCO3)[C@@H](C)[C@@H]1C. The van der Waals surface area contributed by atoms with E-state index >= 15 is 0 Å². The van der Waals surface area contributed by atoms with Crippen molar-refractivity contribution < 1.29 is 24.1 Å². The van der Waals surface area contributed by atoms with Gasteiger partial charge in [0.25, 0.3) is 0 Å². The van der Waals surface area contributed by atoms with Gasteiger partial charge in [-0.15, -0.1) is 0 Å². The molecule has 0 radical (unpaired) electrons. The van der Waals surface area contributed by atoms with Crippen LogP contribution in [0.3, 0.4) is 0 Å². The minimum absolute atomic E-state index is 0.108. The van der Waals surface area contributed by atoms with Crippen molar-refractivity contribution in [1.82, 2.24) is 0 Å². The predicted molar refractivity (Wildman–Crippen MR) is 92.1 cm³/mol. The molecule has 1 fully saturated rings. The van der Waals surface area contributed by atoms with Crippen molar-refractivity contribution in [1.29, 1.82) is 0 Å². The van der Waals surface area contributed by atoms with E-state index in [4.69, 9.17) is 18.9 Å². The van der Waals surface area contributed by atoms with Gasteiger partial charge in [0.2, 0.25) is 6.79 Å². The van der Waals surface area contributed by atoms with Gasteiger partial charge in [-0.05, 0) is 24.0 Å². The third-order valence-corrected chi connectivity index (χ3v) is 5.35. The first kappa shape index (κ1) is 16.1. The fourth-order valence-corrected chi connectivity index (χ4v) is 3.84. The lowest BCUT2D eigenvalue weighted by atomic mass is 9.85. The number of hydrogen-bond donors (Lipinski definition) is 1. The first-order chi connectivity index (χ1) is 12.1. The van der Waals surface area contributed by atoms with Crippen molar-refractivity contribution >= 4 is 0 Å². The molecule has 4 rings (SSSR count). The van der Waals surface area contributed by atoms with Crippen LogP contribution in [0.2, 0.25) is 0 Å². The number of methoxy groups -OCH3 is 1. The van der Waals surface area contributed by atoms with Crippen LogP contribution in [0, 0.1) is 11.8 Å². The summed E-state index contributed by atoms with van der Waals surface area (Å²) in [6.45, 7) is 4.59. The number of aromatic hydroxyl groups is 1. The van der Waals surface area contributed by atoms with Crippen molar-refractivity contribution in [2.75, 3.05) is 13.9 Å². The van der Waals surface area contributed by atoms with Crippen LogP contribution in [0.1, 0.15) is 37.2 Å². The van der Waals surface area contributed by atoms with Crippen LogP contribution in [0.5, 0.6) is 23.0 Å². The van der Waals surface area contributed by atoms with Crippen molar-refractivity contribution in [3.8, 4) is 23.0 Å². The molecule has 1 saturated heterocycles. The summed E-state index contributed by atoms with van der Waals surface area (Å²) in [7, 11) is 1.56. The zero-order valence-corrected chi connectivity index (χ0v) is 14.6. The second-order valence-corrected chi connectivity index (χ2v) is 6.68. The van der Waals surface area contributed by atoms with E-state index in [1.165, 1.54) is 0 Å². The molecule has 0 saturated carbocycles. The molecule has 0 bridgehead atoms. The summed E-state index contributed by atoms with van der Waals surface area (Å²) in [6.07, 6.45) is -0.274. The number of benzene rings is 2. The number of ether oxygens (including phenoxy) is 4. The molecule has 2 aromatic carbocycles. The number of fused-ring (bicyclic) bond motifs is 1. The van der Waals surface area contributed by atoms with Gasteiger partial charge in [0, 0.05) is 11.1 Å². The normalized spacial score (nSPS) is 27.5. The van der Waals surface area contributed by atoms with Gasteiger partial charge in [0.15, 0.2) is 23.0 Å². The number of phenols is 1. The molecule has 0 amide bonds. The van der Waals surface area contributed by atoms with Gasteiger partial charge in [-0.1, -0.05) is 38.1 Å². The first-order valence-corrected chi connectivity index (χ1v) is 8.51. The van der Waals surface area contributed by atoms with Gasteiger partial charge in [0.1, 0.15) is 0 Å². The minimum Gasteiger partial charge on any atom is -0.504 e. The van der Waals surface area contributed by atoms with Gasteiger partial charge in [-0.3, -0.25) is 0 Å². The Morgan fingerprint density at radius 2 is 1.64 bits per heavy atom. The summed E-state index contributed by atoms with van der Waals surface area (Å²) in [5.74, 6) is 2.66. The Hall–Kier alpha value is -2.40. The van der Waals surface area contributed by atoms with Crippen LogP contribution in [0.25, 0.3) is 0 Å².